The van der Waals surface area contributed by atoms with Gasteiger partial charge in [0.25, 0.3) is 5.91 Å². The van der Waals surface area contributed by atoms with Crippen LogP contribution in [0.5, 0.6) is 11.5 Å². The van der Waals surface area contributed by atoms with E-state index in [1.54, 1.807) is 43.5 Å². The molecule has 2 aromatic rings. The van der Waals surface area contributed by atoms with Crippen LogP contribution < -0.4 is 14.8 Å². The second kappa shape index (κ2) is 10.4. The second-order valence-electron chi connectivity index (χ2n) is 5.90. The van der Waals surface area contributed by atoms with E-state index in [1.807, 2.05) is 19.1 Å². The van der Waals surface area contributed by atoms with Gasteiger partial charge in [0.15, 0.2) is 18.1 Å². The average molecular weight is 404 g/mol. The monoisotopic (exact) mass is 403 g/mol. The van der Waals surface area contributed by atoms with Crippen LogP contribution in [0.25, 0.3) is 6.08 Å². The van der Waals surface area contributed by atoms with Gasteiger partial charge >= 0.3 is 5.97 Å². The number of carbonyl (C=O) groups excluding carboxylic acids is 2. The minimum absolute atomic E-state index is 0.231. The third-order valence-electron chi connectivity index (χ3n) is 3.91. The Kier molecular flexibility index (Phi) is 7.89. The molecule has 0 spiro atoms. The number of hydrogen-bond acceptors (Lipinski definition) is 5. The molecule has 1 amide bonds. The van der Waals surface area contributed by atoms with Gasteiger partial charge in [0.2, 0.25) is 0 Å². The van der Waals surface area contributed by atoms with Crippen LogP contribution in [0.3, 0.4) is 0 Å². The first kappa shape index (κ1) is 21.3. The van der Waals surface area contributed by atoms with E-state index in [1.165, 1.54) is 13.2 Å². The molecule has 0 radical (unpaired) electrons. The van der Waals surface area contributed by atoms with Crippen LogP contribution in [0.2, 0.25) is 5.02 Å². The topological polar surface area (TPSA) is 73.9 Å². The molecule has 1 N–H and O–H groups in total. The summed E-state index contributed by atoms with van der Waals surface area (Å²) in [6.45, 7) is 1.47. The molecular formula is C21H22ClNO5. The minimum Gasteiger partial charge on any atom is -0.493 e. The number of benzene rings is 2. The zero-order valence-electron chi connectivity index (χ0n) is 15.9. The highest BCUT2D eigenvalue weighted by molar-refractivity contribution is 6.30. The summed E-state index contributed by atoms with van der Waals surface area (Å²) in [5.74, 6) is 0.127. The van der Waals surface area contributed by atoms with Gasteiger partial charge in [0.1, 0.15) is 0 Å². The van der Waals surface area contributed by atoms with Crippen molar-refractivity contribution in [3.63, 3.8) is 0 Å². The van der Waals surface area contributed by atoms with Crippen molar-refractivity contribution >= 4 is 29.6 Å². The number of halogens is 1. The highest BCUT2D eigenvalue weighted by atomic mass is 35.5. The minimum atomic E-state index is -0.621. The van der Waals surface area contributed by atoms with Crippen LogP contribution in [0.15, 0.2) is 48.5 Å². The predicted octanol–water partition coefficient (Wildman–Crippen LogP) is 3.79. The van der Waals surface area contributed by atoms with E-state index in [4.69, 9.17) is 25.8 Å². The summed E-state index contributed by atoms with van der Waals surface area (Å²) >= 11 is 5.85. The molecule has 148 valence electrons. The number of esters is 1. The largest absolute Gasteiger partial charge is 0.493 e. The van der Waals surface area contributed by atoms with Crippen molar-refractivity contribution in [2.45, 2.75) is 13.0 Å². The van der Waals surface area contributed by atoms with E-state index < -0.39 is 11.9 Å². The molecule has 0 aliphatic carbocycles. The summed E-state index contributed by atoms with van der Waals surface area (Å²) in [6.07, 6.45) is 2.82. The van der Waals surface area contributed by atoms with Crippen LogP contribution in [-0.2, 0) is 14.3 Å². The molecule has 1 atom stereocenters. The number of ether oxygens (including phenoxy) is 3. The smallest absolute Gasteiger partial charge is 0.331 e. The molecular weight excluding hydrogens is 382 g/mol. The molecule has 0 fully saturated rings. The van der Waals surface area contributed by atoms with E-state index in [0.29, 0.717) is 16.5 Å². The van der Waals surface area contributed by atoms with Gasteiger partial charge in [-0.3, -0.25) is 4.79 Å². The zero-order valence-corrected chi connectivity index (χ0v) is 16.7. The Balaban J connectivity index is 1.83. The Hall–Kier alpha value is -2.99. The molecule has 0 heterocycles. The maximum Gasteiger partial charge on any atom is 0.331 e. The number of amides is 1. The summed E-state index contributed by atoms with van der Waals surface area (Å²) in [7, 11) is 3.08. The first-order valence-electron chi connectivity index (χ1n) is 8.54. The van der Waals surface area contributed by atoms with Gasteiger partial charge in [-0.1, -0.05) is 29.8 Å². The van der Waals surface area contributed by atoms with Gasteiger partial charge in [-0.05, 0) is 48.4 Å². The Bertz CT molecular complexity index is 848. The highest BCUT2D eigenvalue weighted by Crippen LogP contribution is 2.27. The summed E-state index contributed by atoms with van der Waals surface area (Å²) in [5.41, 5.74) is 1.63. The predicted molar refractivity (Wildman–Crippen MR) is 108 cm³/mol. The maximum absolute atomic E-state index is 12.0. The molecule has 0 aromatic heterocycles. The highest BCUT2D eigenvalue weighted by Gasteiger charge is 2.11. The van der Waals surface area contributed by atoms with Crippen molar-refractivity contribution in [1.29, 1.82) is 0 Å². The maximum atomic E-state index is 12.0. The van der Waals surface area contributed by atoms with Gasteiger partial charge in [0, 0.05) is 11.1 Å². The van der Waals surface area contributed by atoms with Gasteiger partial charge in [-0.15, -0.1) is 0 Å². The molecule has 0 bridgehead atoms. The Morgan fingerprint density at radius 1 is 1.07 bits per heavy atom. The Morgan fingerprint density at radius 2 is 1.75 bits per heavy atom. The second-order valence-corrected chi connectivity index (χ2v) is 6.33. The third-order valence-corrected chi connectivity index (χ3v) is 4.16. The summed E-state index contributed by atoms with van der Waals surface area (Å²) < 4.78 is 15.3. The molecule has 2 rings (SSSR count). The van der Waals surface area contributed by atoms with Crippen LogP contribution in [-0.4, -0.2) is 32.7 Å². The van der Waals surface area contributed by atoms with E-state index in [2.05, 4.69) is 5.32 Å². The fourth-order valence-electron chi connectivity index (χ4n) is 2.42. The first-order chi connectivity index (χ1) is 13.4. The van der Waals surface area contributed by atoms with E-state index in [-0.39, 0.29) is 12.6 Å². The lowest BCUT2D eigenvalue weighted by Gasteiger charge is -2.14. The molecule has 0 aliphatic heterocycles. The Morgan fingerprint density at radius 3 is 2.39 bits per heavy atom. The van der Waals surface area contributed by atoms with Gasteiger partial charge in [-0.25, -0.2) is 4.79 Å². The molecule has 0 aliphatic rings. The average Bonchev–Trinajstić information content (AvgIpc) is 2.70. The van der Waals surface area contributed by atoms with Crippen LogP contribution >= 0.6 is 11.6 Å². The first-order valence-corrected chi connectivity index (χ1v) is 8.92. The SMILES string of the molecule is COc1ccc(/C=C/C(=O)OCC(=O)N[C@H](C)c2ccc(Cl)cc2)cc1OC. The lowest BCUT2D eigenvalue weighted by atomic mass is 10.1. The molecule has 0 saturated carbocycles. The van der Waals surface area contributed by atoms with E-state index in [9.17, 15) is 9.59 Å². The van der Waals surface area contributed by atoms with Crippen molar-refractivity contribution in [3.05, 3.63) is 64.7 Å². The number of hydrogen-bond donors (Lipinski definition) is 1. The molecule has 2 aromatic carbocycles. The summed E-state index contributed by atoms with van der Waals surface area (Å²) in [5, 5.41) is 3.38. The van der Waals surface area contributed by atoms with Crippen LogP contribution in [0, 0.1) is 0 Å². The lowest BCUT2D eigenvalue weighted by Crippen LogP contribution is -2.30. The van der Waals surface area contributed by atoms with Gasteiger partial charge < -0.3 is 19.5 Å². The summed E-state index contributed by atoms with van der Waals surface area (Å²) in [6, 6.07) is 12.1. The number of rotatable bonds is 8. The van der Waals surface area contributed by atoms with Gasteiger partial charge in [0.05, 0.1) is 20.3 Å². The van der Waals surface area contributed by atoms with Gasteiger partial charge in [-0.2, -0.15) is 0 Å². The fourth-order valence-corrected chi connectivity index (χ4v) is 2.55. The van der Waals surface area contributed by atoms with Crippen LogP contribution in [0.1, 0.15) is 24.1 Å². The van der Waals surface area contributed by atoms with Crippen molar-refractivity contribution in [1.82, 2.24) is 5.32 Å². The van der Waals surface area contributed by atoms with Crippen molar-refractivity contribution < 1.29 is 23.8 Å². The van der Waals surface area contributed by atoms with E-state index >= 15 is 0 Å². The van der Waals surface area contributed by atoms with Crippen molar-refractivity contribution in [3.8, 4) is 11.5 Å². The number of carbonyl (C=O) groups is 2. The number of nitrogens with one attached hydrogen (secondary N) is 1. The van der Waals surface area contributed by atoms with E-state index in [0.717, 1.165) is 11.1 Å². The molecule has 28 heavy (non-hydrogen) atoms. The quantitative estimate of drug-likeness (QED) is 0.536. The molecule has 6 nitrogen and oxygen atoms in total. The Labute approximate surface area is 169 Å². The zero-order chi connectivity index (χ0) is 20.5. The van der Waals surface area contributed by atoms with Crippen molar-refractivity contribution in [2.75, 3.05) is 20.8 Å². The standard InChI is InChI=1S/C21H22ClNO5/c1-14(16-6-8-17(22)9-7-16)23-20(24)13-28-21(25)11-5-15-4-10-18(26-2)19(12-15)27-3/h4-12,14H,13H2,1-3H3,(H,23,24)/b11-5+/t14-/m1/s1. The fraction of sp³-hybridized carbons (Fsp3) is 0.238. The third kappa shape index (κ3) is 6.32. The lowest BCUT2D eigenvalue weighted by molar-refractivity contribution is -0.144. The summed E-state index contributed by atoms with van der Waals surface area (Å²) in [4.78, 5) is 23.8. The normalized spacial score (nSPS) is 11.7. The molecule has 7 heteroatoms. The van der Waals surface area contributed by atoms with Crippen LogP contribution in [0.4, 0.5) is 0 Å². The van der Waals surface area contributed by atoms with Crippen molar-refractivity contribution in [2.24, 2.45) is 0 Å². The molecule has 0 unspecified atom stereocenters. The number of methoxy groups -OCH3 is 2. The molecule has 0 saturated heterocycles.